The third-order valence-corrected chi connectivity index (χ3v) is 4.85. The standard InChI is InChI=1S/C22H25NO4/c1-16(24)18-9-10-20(21(14-18)26-2)27-13-5-8-22(25)23-12-11-17-6-3-4-7-19(17)15-23/h3-4,6-7,9-10,14H,5,8,11-13,15H2,1-2H3. The maximum atomic E-state index is 12.5. The lowest BCUT2D eigenvalue weighted by atomic mass is 9.99. The van der Waals surface area contributed by atoms with Crippen molar-refractivity contribution in [3.05, 3.63) is 59.2 Å². The summed E-state index contributed by atoms with van der Waals surface area (Å²) in [5.74, 6) is 1.25. The molecule has 2 aromatic carbocycles. The molecule has 0 unspecified atom stereocenters. The summed E-state index contributed by atoms with van der Waals surface area (Å²) in [6.07, 6.45) is 2.00. The molecule has 27 heavy (non-hydrogen) atoms. The second-order valence-electron chi connectivity index (χ2n) is 6.71. The molecular weight excluding hydrogens is 342 g/mol. The minimum Gasteiger partial charge on any atom is -0.493 e. The van der Waals surface area contributed by atoms with Gasteiger partial charge >= 0.3 is 0 Å². The number of rotatable bonds is 7. The molecule has 0 saturated heterocycles. The number of benzene rings is 2. The number of carbonyl (C=O) groups is 2. The van der Waals surface area contributed by atoms with E-state index in [1.165, 1.54) is 18.1 Å². The molecule has 0 saturated carbocycles. The van der Waals surface area contributed by atoms with Crippen LogP contribution in [0, 0.1) is 0 Å². The van der Waals surface area contributed by atoms with E-state index in [1.807, 2.05) is 17.0 Å². The first-order valence-electron chi connectivity index (χ1n) is 9.25. The molecule has 0 fully saturated rings. The number of carbonyl (C=O) groups excluding carboxylic acids is 2. The minimum absolute atomic E-state index is 0.0199. The molecule has 0 N–H and O–H groups in total. The molecule has 2 aromatic rings. The van der Waals surface area contributed by atoms with E-state index >= 15 is 0 Å². The predicted octanol–water partition coefficient (Wildman–Crippen LogP) is 3.64. The summed E-state index contributed by atoms with van der Waals surface area (Å²) in [5.41, 5.74) is 3.16. The van der Waals surface area contributed by atoms with E-state index in [-0.39, 0.29) is 11.7 Å². The smallest absolute Gasteiger partial charge is 0.223 e. The molecule has 5 nitrogen and oxygen atoms in total. The van der Waals surface area contributed by atoms with Crippen molar-refractivity contribution in [1.82, 2.24) is 4.90 Å². The quantitative estimate of drug-likeness (QED) is 0.554. The molecule has 0 spiro atoms. The normalized spacial score (nSPS) is 13.0. The highest BCUT2D eigenvalue weighted by atomic mass is 16.5. The summed E-state index contributed by atoms with van der Waals surface area (Å²) in [7, 11) is 1.55. The van der Waals surface area contributed by atoms with Gasteiger partial charge in [0.1, 0.15) is 0 Å². The molecule has 1 heterocycles. The summed E-state index contributed by atoms with van der Waals surface area (Å²) < 4.78 is 11.0. The molecule has 0 radical (unpaired) electrons. The van der Waals surface area contributed by atoms with E-state index in [9.17, 15) is 9.59 Å². The number of methoxy groups -OCH3 is 1. The minimum atomic E-state index is -0.0199. The maximum absolute atomic E-state index is 12.5. The van der Waals surface area contributed by atoms with Crippen molar-refractivity contribution in [2.75, 3.05) is 20.3 Å². The Balaban J connectivity index is 1.48. The molecule has 3 rings (SSSR count). The zero-order chi connectivity index (χ0) is 19.2. The Morgan fingerprint density at radius 3 is 2.59 bits per heavy atom. The largest absolute Gasteiger partial charge is 0.493 e. The van der Waals surface area contributed by atoms with Crippen LogP contribution in [0.4, 0.5) is 0 Å². The molecule has 142 valence electrons. The molecule has 1 aliphatic rings. The molecule has 1 amide bonds. The van der Waals surface area contributed by atoms with Gasteiger partial charge in [0.15, 0.2) is 17.3 Å². The van der Waals surface area contributed by atoms with Gasteiger partial charge in [-0.25, -0.2) is 0 Å². The van der Waals surface area contributed by atoms with Crippen LogP contribution in [-0.2, 0) is 17.8 Å². The van der Waals surface area contributed by atoms with Crippen molar-refractivity contribution in [2.24, 2.45) is 0 Å². The molecule has 0 aromatic heterocycles. The number of hydrogen-bond donors (Lipinski definition) is 0. The van der Waals surface area contributed by atoms with Crippen LogP contribution in [-0.4, -0.2) is 36.9 Å². The zero-order valence-electron chi connectivity index (χ0n) is 15.9. The highest BCUT2D eigenvalue weighted by Gasteiger charge is 2.19. The second kappa shape index (κ2) is 8.71. The van der Waals surface area contributed by atoms with Gasteiger partial charge in [-0.05, 0) is 49.1 Å². The van der Waals surface area contributed by atoms with Gasteiger partial charge in [-0.1, -0.05) is 24.3 Å². The topological polar surface area (TPSA) is 55.8 Å². The van der Waals surface area contributed by atoms with Crippen molar-refractivity contribution in [3.63, 3.8) is 0 Å². The van der Waals surface area contributed by atoms with Gasteiger partial charge in [0.2, 0.25) is 5.91 Å². The highest BCUT2D eigenvalue weighted by molar-refractivity contribution is 5.94. The van der Waals surface area contributed by atoms with Crippen LogP contribution in [0.15, 0.2) is 42.5 Å². The first kappa shape index (κ1) is 19.0. The van der Waals surface area contributed by atoms with E-state index in [0.717, 1.165) is 13.0 Å². The van der Waals surface area contributed by atoms with E-state index in [0.29, 0.717) is 43.1 Å². The van der Waals surface area contributed by atoms with Gasteiger partial charge in [-0.3, -0.25) is 9.59 Å². The third kappa shape index (κ3) is 4.67. The number of fused-ring (bicyclic) bond motifs is 1. The van der Waals surface area contributed by atoms with E-state index in [1.54, 1.807) is 25.3 Å². The lowest BCUT2D eigenvalue weighted by Gasteiger charge is -2.29. The average molecular weight is 367 g/mol. The summed E-state index contributed by atoms with van der Waals surface area (Å²) in [5, 5.41) is 0. The van der Waals surface area contributed by atoms with E-state index in [4.69, 9.17) is 9.47 Å². The Bertz CT molecular complexity index is 831. The summed E-state index contributed by atoms with van der Waals surface area (Å²) in [6.45, 7) is 3.40. The van der Waals surface area contributed by atoms with Gasteiger partial charge in [0, 0.05) is 25.1 Å². The lowest BCUT2D eigenvalue weighted by Crippen LogP contribution is -2.35. The molecule has 1 aliphatic heterocycles. The monoisotopic (exact) mass is 367 g/mol. The number of hydrogen-bond acceptors (Lipinski definition) is 4. The molecule has 5 heteroatoms. The Labute approximate surface area is 159 Å². The Kier molecular flexibility index (Phi) is 6.12. The van der Waals surface area contributed by atoms with E-state index in [2.05, 4.69) is 12.1 Å². The van der Waals surface area contributed by atoms with Crippen molar-refractivity contribution in [1.29, 1.82) is 0 Å². The Morgan fingerprint density at radius 1 is 1.07 bits per heavy atom. The average Bonchev–Trinajstić information content (AvgIpc) is 2.70. The van der Waals surface area contributed by atoms with Crippen LogP contribution in [0.3, 0.4) is 0 Å². The Hall–Kier alpha value is -2.82. The Morgan fingerprint density at radius 2 is 1.85 bits per heavy atom. The predicted molar refractivity (Wildman–Crippen MR) is 103 cm³/mol. The number of nitrogens with zero attached hydrogens (tertiary/aromatic N) is 1. The fourth-order valence-corrected chi connectivity index (χ4v) is 3.28. The van der Waals surface area contributed by atoms with Crippen LogP contribution >= 0.6 is 0 Å². The summed E-state index contributed by atoms with van der Waals surface area (Å²) in [4.78, 5) is 25.8. The lowest BCUT2D eigenvalue weighted by molar-refractivity contribution is -0.132. The first-order valence-corrected chi connectivity index (χ1v) is 9.25. The van der Waals surface area contributed by atoms with Gasteiger partial charge in [-0.2, -0.15) is 0 Å². The van der Waals surface area contributed by atoms with Gasteiger partial charge in [0.25, 0.3) is 0 Å². The summed E-state index contributed by atoms with van der Waals surface area (Å²) in [6, 6.07) is 13.4. The molecule has 0 aliphatic carbocycles. The van der Waals surface area contributed by atoms with Crippen molar-refractivity contribution in [3.8, 4) is 11.5 Å². The summed E-state index contributed by atoms with van der Waals surface area (Å²) >= 11 is 0. The van der Waals surface area contributed by atoms with Crippen LogP contribution in [0.1, 0.15) is 41.3 Å². The number of ether oxygens (including phenoxy) is 2. The number of amides is 1. The fraction of sp³-hybridized carbons (Fsp3) is 0.364. The van der Waals surface area contributed by atoms with Crippen molar-refractivity contribution >= 4 is 11.7 Å². The van der Waals surface area contributed by atoms with Crippen LogP contribution < -0.4 is 9.47 Å². The molecule has 0 bridgehead atoms. The van der Waals surface area contributed by atoms with Gasteiger partial charge in [-0.15, -0.1) is 0 Å². The maximum Gasteiger partial charge on any atom is 0.223 e. The molecular formula is C22H25NO4. The van der Waals surface area contributed by atoms with E-state index < -0.39 is 0 Å². The highest BCUT2D eigenvalue weighted by Crippen LogP contribution is 2.28. The van der Waals surface area contributed by atoms with Crippen LogP contribution in [0.25, 0.3) is 0 Å². The van der Waals surface area contributed by atoms with Gasteiger partial charge in [0.05, 0.1) is 13.7 Å². The zero-order valence-corrected chi connectivity index (χ0v) is 15.9. The van der Waals surface area contributed by atoms with Crippen LogP contribution in [0.2, 0.25) is 0 Å². The molecule has 0 atom stereocenters. The SMILES string of the molecule is COc1cc(C(C)=O)ccc1OCCCC(=O)N1CCc2ccccc2C1. The first-order chi connectivity index (χ1) is 13.1. The van der Waals surface area contributed by atoms with Crippen LogP contribution in [0.5, 0.6) is 11.5 Å². The van der Waals surface area contributed by atoms with Gasteiger partial charge < -0.3 is 14.4 Å². The van der Waals surface area contributed by atoms with Crippen molar-refractivity contribution in [2.45, 2.75) is 32.7 Å². The fourth-order valence-electron chi connectivity index (χ4n) is 3.28. The second-order valence-corrected chi connectivity index (χ2v) is 6.71. The number of Topliss-reactive ketones (excluding diaryl/α,β-unsaturated/α-hetero) is 1. The third-order valence-electron chi connectivity index (χ3n) is 4.85. The number of ketones is 1. The van der Waals surface area contributed by atoms with Crippen molar-refractivity contribution < 1.29 is 19.1 Å².